The van der Waals surface area contributed by atoms with Crippen LogP contribution in [0.3, 0.4) is 0 Å². The lowest BCUT2D eigenvalue weighted by atomic mass is 10.2. The minimum absolute atomic E-state index is 0.0429. The van der Waals surface area contributed by atoms with E-state index in [9.17, 15) is 17.6 Å². The largest absolute Gasteiger partial charge is 0.451 e. The number of anilines is 4. The van der Waals surface area contributed by atoms with E-state index in [1.807, 2.05) is 0 Å². The summed E-state index contributed by atoms with van der Waals surface area (Å²) in [4.78, 5) is 22.8. The number of ether oxygens (including phenoxy) is 1. The number of sulfonamides is 1. The first-order chi connectivity index (χ1) is 18.7. The van der Waals surface area contributed by atoms with Crippen LogP contribution in [0.1, 0.15) is 10.6 Å². The highest BCUT2D eigenvalue weighted by molar-refractivity contribution is 7.89. The maximum absolute atomic E-state index is 14.5. The molecule has 0 aliphatic carbocycles. The Bertz CT molecular complexity index is 1590. The lowest BCUT2D eigenvalue weighted by Gasteiger charge is -2.26. The van der Waals surface area contributed by atoms with Gasteiger partial charge in [0.2, 0.25) is 16.0 Å². The van der Waals surface area contributed by atoms with Crippen molar-refractivity contribution in [3.05, 3.63) is 66.3 Å². The molecule has 4 aromatic rings. The van der Waals surface area contributed by atoms with Crippen LogP contribution in [0.15, 0.2) is 64.0 Å². The van der Waals surface area contributed by atoms with Crippen molar-refractivity contribution in [1.29, 1.82) is 0 Å². The van der Waals surface area contributed by atoms with Crippen LogP contribution in [0.5, 0.6) is 0 Å². The predicted molar refractivity (Wildman–Crippen MR) is 142 cm³/mol. The van der Waals surface area contributed by atoms with E-state index in [-0.39, 0.29) is 28.3 Å². The van der Waals surface area contributed by atoms with Gasteiger partial charge in [0.1, 0.15) is 5.58 Å². The molecule has 12 nitrogen and oxygen atoms in total. The van der Waals surface area contributed by atoms with Crippen molar-refractivity contribution in [2.45, 2.75) is 4.90 Å². The van der Waals surface area contributed by atoms with Crippen molar-refractivity contribution >= 4 is 50.0 Å². The molecule has 39 heavy (non-hydrogen) atoms. The van der Waals surface area contributed by atoms with Gasteiger partial charge in [0.05, 0.1) is 24.3 Å². The number of furan rings is 1. The number of nitrogens with one attached hydrogen (secondary N) is 3. The van der Waals surface area contributed by atoms with Gasteiger partial charge in [-0.2, -0.15) is 4.98 Å². The fourth-order valence-electron chi connectivity index (χ4n) is 3.98. The molecule has 14 heteroatoms. The standard InChI is InChI=1S/C25H26FN7O5S/c26-20-15-29-25(31-17-1-4-19(5-2-17)39(27,35)36)32-23(20)30-18-3-6-21-16(13-18)14-22(38-21)24(34)28-7-8-33-9-11-37-12-10-33/h1-6,13-15H,7-12H2,(H,28,34)(H2,27,35,36)(H2,29,30,31,32). The number of hydrogen-bond acceptors (Lipinski definition) is 10. The average Bonchev–Trinajstić information content (AvgIpc) is 3.35. The third-order valence-corrected chi connectivity index (χ3v) is 6.93. The molecule has 1 saturated heterocycles. The van der Waals surface area contributed by atoms with E-state index in [0.717, 1.165) is 25.8 Å². The summed E-state index contributed by atoms with van der Waals surface area (Å²) in [6.07, 6.45) is 1.01. The van der Waals surface area contributed by atoms with Crippen LogP contribution >= 0.6 is 0 Å². The first-order valence-electron chi connectivity index (χ1n) is 12.1. The summed E-state index contributed by atoms with van der Waals surface area (Å²) in [5, 5.41) is 14.4. The normalized spacial score (nSPS) is 14.3. The van der Waals surface area contributed by atoms with Gasteiger partial charge in [0.25, 0.3) is 5.91 Å². The second kappa shape index (κ2) is 11.3. The van der Waals surface area contributed by atoms with Gasteiger partial charge < -0.3 is 25.1 Å². The lowest BCUT2D eigenvalue weighted by Crippen LogP contribution is -2.41. The molecule has 5 N–H and O–H groups in total. The smallest absolute Gasteiger partial charge is 0.287 e. The maximum Gasteiger partial charge on any atom is 0.287 e. The van der Waals surface area contributed by atoms with Gasteiger partial charge in [-0.15, -0.1) is 0 Å². The molecule has 0 unspecified atom stereocenters. The Labute approximate surface area is 223 Å². The zero-order valence-electron chi connectivity index (χ0n) is 20.7. The Morgan fingerprint density at radius 1 is 1.05 bits per heavy atom. The van der Waals surface area contributed by atoms with E-state index in [4.69, 9.17) is 14.3 Å². The van der Waals surface area contributed by atoms with E-state index in [1.165, 1.54) is 24.3 Å². The molecule has 1 amide bonds. The maximum atomic E-state index is 14.5. The van der Waals surface area contributed by atoms with Crippen LogP contribution in [0.2, 0.25) is 0 Å². The molecule has 0 bridgehead atoms. The molecule has 204 valence electrons. The number of benzene rings is 2. The van der Waals surface area contributed by atoms with Crippen LogP contribution in [0.4, 0.5) is 27.5 Å². The molecule has 3 heterocycles. The van der Waals surface area contributed by atoms with Crippen LogP contribution < -0.4 is 21.1 Å². The van der Waals surface area contributed by atoms with Crippen molar-refractivity contribution in [3.63, 3.8) is 0 Å². The Kier molecular flexibility index (Phi) is 7.70. The first-order valence-corrected chi connectivity index (χ1v) is 13.6. The number of nitrogens with two attached hydrogens (primary N) is 1. The number of morpholine rings is 1. The first kappa shape index (κ1) is 26.5. The monoisotopic (exact) mass is 555 g/mol. The highest BCUT2D eigenvalue weighted by atomic mass is 32.2. The van der Waals surface area contributed by atoms with E-state index >= 15 is 0 Å². The van der Waals surface area contributed by atoms with Gasteiger partial charge in [0, 0.05) is 42.9 Å². The van der Waals surface area contributed by atoms with Crippen LogP contribution in [0, 0.1) is 5.82 Å². The summed E-state index contributed by atoms with van der Waals surface area (Å²) in [7, 11) is -3.82. The van der Waals surface area contributed by atoms with Gasteiger partial charge in [-0.3, -0.25) is 9.69 Å². The molecule has 0 radical (unpaired) electrons. The van der Waals surface area contributed by atoms with Crippen molar-refractivity contribution in [3.8, 4) is 0 Å². The molecular formula is C25H26FN7O5S. The SMILES string of the molecule is NS(=O)(=O)c1ccc(Nc2ncc(F)c(Nc3ccc4oc(C(=O)NCCN5CCOCC5)cc4c3)n2)cc1. The number of hydrogen-bond donors (Lipinski definition) is 4. The van der Waals surface area contributed by atoms with Gasteiger partial charge >= 0.3 is 0 Å². The number of carbonyl (C=O) groups is 1. The number of amides is 1. The molecule has 1 aliphatic rings. The zero-order valence-corrected chi connectivity index (χ0v) is 21.5. The fraction of sp³-hybridized carbons (Fsp3) is 0.240. The molecular weight excluding hydrogens is 529 g/mol. The molecule has 0 saturated carbocycles. The predicted octanol–water partition coefficient (Wildman–Crippen LogP) is 2.56. The summed E-state index contributed by atoms with van der Waals surface area (Å²) in [6.45, 7) is 4.29. The number of aromatic nitrogens is 2. The number of carbonyl (C=O) groups excluding carboxylic acids is 1. The number of fused-ring (bicyclic) bond motifs is 1. The Hall–Kier alpha value is -4.11. The second-order valence-electron chi connectivity index (χ2n) is 8.78. The van der Waals surface area contributed by atoms with E-state index in [0.29, 0.717) is 42.1 Å². The summed E-state index contributed by atoms with van der Waals surface area (Å²) < 4.78 is 48.3. The average molecular weight is 556 g/mol. The topological polar surface area (TPSA) is 165 Å². The van der Waals surface area contributed by atoms with E-state index < -0.39 is 15.8 Å². The number of rotatable bonds is 9. The van der Waals surface area contributed by atoms with Crippen LogP contribution in [0.25, 0.3) is 11.0 Å². The lowest BCUT2D eigenvalue weighted by molar-refractivity contribution is 0.0382. The summed E-state index contributed by atoms with van der Waals surface area (Å²) in [6, 6.07) is 12.3. The minimum atomic E-state index is -3.82. The molecule has 1 aliphatic heterocycles. The Morgan fingerprint density at radius 2 is 1.79 bits per heavy atom. The van der Waals surface area contributed by atoms with E-state index in [1.54, 1.807) is 24.3 Å². The molecule has 5 rings (SSSR count). The van der Waals surface area contributed by atoms with E-state index in [2.05, 4.69) is 30.8 Å². The van der Waals surface area contributed by atoms with Crippen molar-refractivity contribution < 1.29 is 26.8 Å². The third kappa shape index (κ3) is 6.67. The summed E-state index contributed by atoms with van der Waals surface area (Å²) in [5.41, 5.74) is 1.51. The van der Waals surface area contributed by atoms with Gasteiger partial charge in [-0.1, -0.05) is 0 Å². The second-order valence-corrected chi connectivity index (χ2v) is 10.3. The number of nitrogens with zero attached hydrogens (tertiary/aromatic N) is 3. The quantitative estimate of drug-likeness (QED) is 0.241. The Morgan fingerprint density at radius 3 is 2.54 bits per heavy atom. The summed E-state index contributed by atoms with van der Waals surface area (Å²) in [5.74, 6) is -0.820. The highest BCUT2D eigenvalue weighted by Gasteiger charge is 2.15. The molecule has 2 aromatic carbocycles. The highest BCUT2D eigenvalue weighted by Crippen LogP contribution is 2.26. The summed E-state index contributed by atoms with van der Waals surface area (Å²) >= 11 is 0. The number of halogens is 1. The van der Waals surface area contributed by atoms with Crippen LogP contribution in [-0.4, -0.2) is 68.6 Å². The third-order valence-electron chi connectivity index (χ3n) is 6.00. The number of primary sulfonamides is 1. The van der Waals surface area contributed by atoms with Gasteiger partial charge in [0.15, 0.2) is 17.4 Å². The van der Waals surface area contributed by atoms with Gasteiger partial charge in [-0.05, 0) is 48.5 Å². The molecule has 0 atom stereocenters. The van der Waals surface area contributed by atoms with Gasteiger partial charge in [-0.25, -0.2) is 22.9 Å². The van der Waals surface area contributed by atoms with Crippen molar-refractivity contribution in [2.75, 3.05) is 50.0 Å². The minimum Gasteiger partial charge on any atom is -0.451 e. The van der Waals surface area contributed by atoms with Crippen molar-refractivity contribution in [2.24, 2.45) is 5.14 Å². The van der Waals surface area contributed by atoms with Crippen LogP contribution in [-0.2, 0) is 14.8 Å². The molecule has 2 aromatic heterocycles. The Balaban J connectivity index is 1.24. The fourth-order valence-corrected chi connectivity index (χ4v) is 4.50. The zero-order chi connectivity index (χ0) is 27.4. The molecule has 1 fully saturated rings. The van der Waals surface area contributed by atoms with Crippen molar-refractivity contribution in [1.82, 2.24) is 20.2 Å². The molecule has 0 spiro atoms.